The van der Waals surface area contributed by atoms with E-state index < -0.39 is 23.7 Å². The van der Waals surface area contributed by atoms with Gasteiger partial charge in [-0.25, -0.2) is 9.59 Å². The number of hydrogen-bond donors (Lipinski definition) is 1. The van der Waals surface area contributed by atoms with Gasteiger partial charge in [-0.15, -0.1) is 0 Å². The average Bonchev–Trinajstić information content (AvgIpc) is 2.77. The van der Waals surface area contributed by atoms with Gasteiger partial charge in [-0.2, -0.15) is 0 Å². The lowest BCUT2D eigenvalue weighted by atomic mass is 10.0. The third kappa shape index (κ3) is 7.27. The number of esters is 1. The number of rotatable bonds is 7. The second kappa shape index (κ2) is 10.6. The monoisotopic (exact) mass is 431 g/mol. The first-order valence-electron chi connectivity index (χ1n) is 10.6. The van der Waals surface area contributed by atoms with E-state index in [9.17, 15) is 9.59 Å². The van der Waals surface area contributed by atoms with Crippen LogP contribution in [-0.2, 0) is 27.3 Å². The predicted octanol–water partition coefficient (Wildman–Crippen LogP) is 5.53. The van der Waals surface area contributed by atoms with Crippen LogP contribution in [0.1, 0.15) is 31.9 Å². The van der Waals surface area contributed by atoms with E-state index in [0.717, 1.165) is 22.3 Å². The van der Waals surface area contributed by atoms with Gasteiger partial charge in [0.25, 0.3) is 0 Å². The maximum atomic E-state index is 12.8. The summed E-state index contributed by atoms with van der Waals surface area (Å²) in [6.45, 7) is 5.46. The number of carbonyl (C=O) groups excluding carboxylic acids is 2. The van der Waals surface area contributed by atoms with Gasteiger partial charge in [-0.05, 0) is 43.0 Å². The largest absolute Gasteiger partial charge is 0.459 e. The molecular formula is C27H29NO4. The molecule has 0 aliphatic carbocycles. The molecule has 0 unspecified atom stereocenters. The van der Waals surface area contributed by atoms with Gasteiger partial charge < -0.3 is 14.8 Å². The van der Waals surface area contributed by atoms with Gasteiger partial charge >= 0.3 is 12.1 Å². The van der Waals surface area contributed by atoms with Crippen LogP contribution in [0, 0.1) is 0 Å². The van der Waals surface area contributed by atoms with Crippen molar-refractivity contribution >= 4 is 12.1 Å². The van der Waals surface area contributed by atoms with Crippen molar-refractivity contribution in [1.82, 2.24) is 5.32 Å². The number of carbonyl (C=O) groups is 2. The molecule has 3 rings (SSSR count). The fourth-order valence-corrected chi connectivity index (χ4v) is 3.17. The normalized spacial score (nSPS) is 12.0. The minimum absolute atomic E-state index is 0.138. The lowest BCUT2D eigenvalue weighted by Crippen LogP contribution is -2.45. The van der Waals surface area contributed by atoms with E-state index in [0.29, 0.717) is 6.42 Å². The zero-order valence-electron chi connectivity index (χ0n) is 18.7. The van der Waals surface area contributed by atoms with Gasteiger partial charge in [0, 0.05) is 6.42 Å². The highest BCUT2D eigenvalue weighted by molar-refractivity contribution is 5.82. The first-order valence-corrected chi connectivity index (χ1v) is 10.6. The van der Waals surface area contributed by atoms with Gasteiger partial charge in [0.1, 0.15) is 18.2 Å². The molecule has 5 nitrogen and oxygen atoms in total. The Bertz CT molecular complexity index is 1010. The molecule has 1 amide bonds. The molecule has 0 spiro atoms. The summed E-state index contributed by atoms with van der Waals surface area (Å²) in [5.41, 5.74) is 3.31. The Kier molecular flexibility index (Phi) is 7.66. The van der Waals surface area contributed by atoms with Crippen molar-refractivity contribution in [3.05, 3.63) is 96.1 Å². The summed E-state index contributed by atoms with van der Waals surface area (Å²) in [7, 11) is 0. The third-order valence-electron chi connectivity index (χ3n) is 4.70. The lowest BCUT2D eigenvalue weighted by molar-refractivity contribution is -0.147. The molecule has 0 fully saturated rings. The lowest BCUT2D eigenvalue weighted by Gasteiger charge is -2.23. The van der Waals surface area contributed by atoms with Crippen LogP contribution in [0.2, 0.25) is 0 Å². The van der Waals surface area contributed by atoms with Gasteiger partial charge in [-0.3, -0.25) is 0 Å². The third-order valence-corrected chi connectivity index (χ3v) is 4.70. The van der Waals surface area contributed by atoms with Crippen LogP contribution in [-0.4, -0.2) is 23.7 Å². The molecule has 5 heteroatoms. The summed E-state index contributed by atoms with van der Waals surface area (Å²) < 4.78 is 10.8. The molecule has 0 heterocycles. The molecule has 3 aromatic carbocycles. The number of ether oxygens (including phenoxy) is 2. The van der Waals surface area contributed by atoms with Crippen LogP contribution in [0.15, 0.2) is 84.9 Å². The van der Waals surface area contributed by atoms with Crippen molar-refractivity contribution in [2.24, 2.45) is 0 Å². The summed E-state index contributed by atoms with van der Waals surface area (Å²) in [6, 6.07) is 26.5. The maximum Gasteiger partial charge on any atom is 0.408 e. The van der Waals surface area contributed by atoms with Gasteiger partial charge in [-0.1, -0.05) is 84.9 Å². The molecule has 1 atom stereocenters. The maximum absolute atomic E-state index is 12.8. The van der Waals surface area contributed by atoms with Crippen LogP contribution in [0.3, 0.4) is 0 Å². The van der Waals surface area contributed by atoms with Crippen molar-refractivity contribution < 1.29 is 19.1 Å². The Morgan fingerprint density at radius 1 is 0.781 bits per heavy atom. The van der Waals surface area contributed by atoms with Crippen LogP contribution in [0.5, 0.6) is 0 Å². The van der Waals surface area contributed by atoms with Gasteiger partial charge in [0.15, 0.2) is 0 Å². The van der Waals surface area contributed by atoms with E-state index in [1.54, 1.807) is 20.8 Å². The molecule has 0 radical (unpaired) electrons. The van der Waals surface area contributed by atoms with Crippen molar-refractivity contribution in [1.29, 1.82) is 0 Å². The van der Waals surface area contributed by atoms with E-state index in [-0.39, 0.29) is 6.61 Å². The highest BCUT2D eigenvalue weighted by atomic mass is 16.6. The predicted molar refractivity (Wildman–Crippen MR) is 125 cm³/mol. The van der Waals surface area contributed by atoms with E-state index in [4.69, 9.17) is 9.47 Å². The fraction of sp³-hybridized carbons (Fsp3) is 0.259. The Morgan fingerprint density at radius 3 is 1.94 bits per heavy atom. The number of amides is 1. The average molecular weight is 432 g/mol. The zero-order valence-corrected chi connectivity index (χ0v) is 18.7. The number of alkyl carbamates (subject to hydrolysis) is 1. The van der Waals surface area contributed by atoms with Crippen LogP contribution in [0.4, 0.5) is 4.79 Å². The Hall–Kier alpha value is -3.60. The van der Waals surface area contributed by atoms with E-state index in [1.165, 1.54) is 0 Å². The molecule has 0 aromatic heterocycles. The highest BCUT2D eigenvalue weighted by Crippen LogP contribution is 2.20. The topological polar surface area (TPSA) is 64.6 Å². The first kappa shape index (κ1) is 23.1. The molecule has 0 saturated heterocycles. The molecule has 0 saturated carbocycles. The van der Waals surface area contributed by atoms with Crippen molar-refractivity contribution in [3.63, 3.8) is 0 Å². The smallest absolute Gasteiger partial charge is 0.408 e. The molecular weight excluding hydrogens is 402 g/mol. The highest BCUT2D eigenvalue weighted by Gasteiger charge is 2.26. The summed E-state index contributed by atoms with van der Waals surface area (Å²) in [5.74, 6) is -0.508. The van der Waals surface area contributed by atoms with Crippen LogP contribution >= 0.6 is 0 Å². The quantitative estimate of drug-likeness (QED) is 0.500. The van der Waals surface area contributed by atoms with Crippen molar-refractivity contribution in [2.75, 3.05) is 0 Å². The molecule has 0 bridgehead atoms. The second-order valence-corrected chi connectivity index (χ2v) is 8.56. The molecule has 0 aliphatic heterocycles. The first-order chi connectivity index (χ1) is 15.3. The SMILES string of the molecule is CC(C)(C)OC(=O)N[C@H](Cc1ccc(-c2ccccc2)cc1)C(=O)OCc1ccccc1. The zero-order chi connectivity index (χ0) is 23.0. The second-order valence-electron chi connectivity index (χ2n) is 8.56. The van der Waals surface area contributed by atoms with E-state index in [1.807, 2.05) is 84.9 Å². The van der Waals surface area contributed by atoms with Gasteiger partial charge in [0.2, 0.25) is 0 Å². The van der Waals surface area contributed by atoms with Crippen LogP contribution in [0.25, 0.3) is 11.1 Å². The summed E-state index contributed by atoms with van der Waals surface area (Å²) in [5, 5.41) is 2.67. The van der Waals surface area contributed by atoms with Crippen molar-refractivity contribution in [2.45, 2.75) is 45.4 Å². The number of nitrogens with one attached hydrogen (secondary N) is 1. The minimum Gasteiger partial charge on any atom is -0.459 e. The molecule has 1 N–H and O–H groups in total. The van der Waals surface area contributed by atoms with E-state index >= 15 is 0 Å². The molecule has 166 valence electrons. The molecule has 32 heavy (non-hydrogen) atoms. The van der Waals surface area contributed by atoms with Crippen molar-refractivity contribution in [3.8, 4) is 11.1 Å². The number of benzene rings is 3. The summed E-state index contributed by atoms with van der Waals surface area (Å²) in [4.78, 5) is 25.2. The van der Waals surface area contributed by atoms with Crippen LogP contribution < -0.4 is 5.32 Å². The summed E-state index contributed by atoms with van der Waals surface area (Å²) >= 11 is 0. The number of hydrogen-bond acceptors (Lipinski definition) is 4. The minimum atomic E-state index is -0.865. The molecule has 0 aliphatic rings. The Balaban J connectivity index is 1.70. The summed E-state index contributed by atoms with van der Waals surface area (Å²) in [6.07, 6.45) is -0.359. The molecule has 3 aromatic rings. The Morgan fingerprint density at radius 2 is 1.34 bits per heavy atom. The van der Waals surface area contributed by atoms with Gasteiger partial charge in [0.05, 0.1) is 0 Å². The van der Waals surface area contributed by atoms with E-state index in [2.05, 4.69) is 5.32 Å². The Labute approximate surface area is 189 Å². The standard InChI is InChI=1S/C27H29NO4/c1-27(2,3)32-26(30)28-24(25(29)31-19-21-10-6-4-7-11-21)18-20-14-16-23(17-15-20)22-12-8-5-9-13-22/h4-17,24H,18-19H2,1-3H3,(H,28,30)/t24-/m1/s1. The fourth-order valence-electron chi connectivity index (χ4n) is 3.17.